The lowest BCUT2D eigenvalue weighted by Gasteiger charge is -2.40. The van der Waals surface area contributed by atoms with E-state index >= 15 is 0 Å². The van der Waals surface area contributed by atoms with E-state index in [0.717, 1.165) is 32.2 Å². The fourth-order valence-electron chi connectivity index (χ4n) is 4.23. The van der Waals surface area contributed by atoms with E-state index in [9.17, 15) is 9.90 Å². The molecule has 22 heavy (non-hydrogen) atoms. The fourth-order valence-corrected chi connectivity index (χ4v) is 4.23. The molecule has 118 valence electrons. The normalized spacial score (nSPS) is 30.9. The Balaban J connectivity index is 1.81. The highest BCUT2D eigenvalue weighted by atomic mass is 16.3. The summed E-state index contributed by atoms with van der Waals surface area (Å²) in [5.41, 5.74) is 0.437. The molecule has 5 nitrogen and oxygen atoms in total. The Labute approximate surface area is 131 Å². The first kappa shape index (κ1) is 15.1. The Morgan fingerprint density at radius 3 is 2.95 bits per heavy atom. The largest absolute Gasteiger partial charge is 0.390 e. The summed E-state index contributed by atoms with van der Waals surface area (Å²) in [6.07, 6.45) is 5.40. The zero-order valence-corrected chi connectivity index (χ0v) is 13.2. The molecule has 2 fully saturated rings. The average Bonchev–Trinajstić information content (AvgIpc) is 3.11. The number of likely N-dealkylation sites (tertiary alicyclic amines) is 1. The molecule has 1 aliphatic carbocycles. The maximum absolute atomic E-state index is 12.8. The zero-order chi connectivity index (χ0) is 15.9. The summed E-state index contributed by atoms with van der Waals surface area (Å²) in [5, 5.41) is 19.8. The van der Waals surface area contributed by atoms with E-state index in [0.29, 0.717) is 23.7 Å². The average molecular weight is 301 g/mol. The Hall–Kier alpha value is -1.80. The summed E-state index contributed by atoms with van der Waals surface area (Å²) in [7, 11) is 1.79. The van der Waals surface area contributed by atoms with Gasteiger partial charge in [-0.15, -0.1) is 0 Å². The molecular formula is C17H23N3O2. The molecule has 1 saturated heterocycles. The lowest BCUT2D eigenvalue weighted by atomic mass is 9.69. The van der Waals surface area contributed by atoms with Crippen LogP contribution in [0.15, 0.2) is 12.3 Å². The van der Waals surface area contributed by atoms with Gasteiger partial charge in [-0.25, -0.2) is 0 Å². The molecule has 1 amide bonds. The topological polar surface area (TPSA) is 69.3 Å². The first-order valence-corrected chi connectivity index (χ1v) is 8.06. The van der Waals surface area contributed by atoms with Crippen LogP contribution in [0.5, 0.6) is 0 Å². The molecule has 5 heteroatoms. The SMILES string of the molecule is CC[C@@]1(O)CCC[C@@H]2CN(C(=O)c3cc(C#N)cn3C)C[C@@H]21. The Kier molecular flexibility index (Phi) is 3.73. The van der Waals surface area contributed by atoms with Crippen LogP contribution >= 0.6 is 0 Å². The quantitative estimate of drug-likeness (QED) is 0.907. The zero-order valence-electron chi connectivity index (χ0n) is 13.2. The first-order valence-electron chi connectivity index (χ1n) is 8.06. The molecule has 1 aliphatic heterocycles. The van der Waals surface area contributed by atoms with Crippen LogP contribution < -0.4 is 0 Å². The number of aromatic nitrogens is 1. The first-order chi connectivity index (χ1) is 10.5. The lowest BCUT2D eigenvalue weighted by molar-refractivity contribution is -0.0609. The number of carbonyl (C=O) groups excluding carboxylic acids is 1. The van der Waals surface area contributed by atoms with Crippen molar-refractivity contribution in [3.8, 4) is 6.07 Å². The van der Waals surface area contributed by atoms with Gasteiger partial charge in [-0.3, -0.25) is 4.79 Å². The summed E-state index contributed by atoms with van der Waals surface area (Å²) >= 11 is 0. The van der Waals surface area contributed by atoms with E-state index in [4.69, 9.17) is 5.26 Å². The summed E-state index contributed by atoms with van der Waals surface area (Å²) in [4.78, 5) is 14.6. The monoisotopic (exact) mass is 301 g/mol. The number of aryl methyl sites for hydroxylation is 1. The van der Waals surface area contributed by atoms with Crippen molar-refractivity contribution in [3.63, 3.8) is 0 Å². The van der Waals surface area contributed by atoms with Gasteiger partial charge >= 0.3 is 0 Å². The fraction of sp³-hybridized carbons (Fsp3) is 0.647. The third-order valence-electron chi connectivity index (χ3n) is 5.57. The minimum Gasteiger partial charge on any atom is -0.390 e. The number of fused-ring (bicyclic) bond motifs is 1. The molecule has 3 rings (SSSR count). The van der Waals surface area contributed by atoms with Crippen molar-refractivity contribution in [2.45, 2.75) is 38.2 Å². The summed E-state index contributed by atoms with van der Waals surface area (Å²) in [6.45, 7) is 3.38. The molecule has 0 spiro atoms. The van der Waals surface area contributed by atoms with Crippen LogP contribution in [0.25, 0.3) is 0 Å². The minimum atomic E-state index is -0.621. The maximum atomic E-state index is 12.8. The molecule has 1 N–H and O–H groups in total. The van der Waals surface area contributed by atoms with Gasteiger partial charge in [0.25, 0.3) is 5.91 Å². The van der Waals surface area contributed by atoms with Crippen molar-refractivity contribution in [3.05, 3.63) is 23.5 Å². The molecule has 3 atom stereocenters. The summed E-state index contributed by atoms with van der Waals surface area (Å²) in [5.74, 6) is 0.557. The van der Waals surface area contributed by atoms with Gasteiger partial charge in [0.15, 0.2) is 0 Å². The van der Waals surface area contributed by atoms with Crippen molar-refractivity contribution < 1.29 is 9.90 Å². The van der Waals surface area contributed by atoms with E-state index in [2.05, 4.69) is 6.07 Å². The molecular weight excluding hydrogens is 278 g/mol. The van der Waals surface area contributed by atoms with E-state index < -0.39 is 5.60 Å². The van der Waals surface area contributed by atoms with Crippen molar-refractivity contribution in [2.75, 3.05) is 13.1 Å². The minimum absolute atomic E-state index is 0.0307. The molecule has 0 unspecified atom stereocenters. The van der Waals surface area contributed by atoms with Gasteiger partial charge in [-0.2, -0.15) is 5.26 Å². The molecule has 1 aromatic rings. The van der Waals surface area contributed by atoms with Gasteiger partial charge in [-0.1, -0.05) is 13.3 Å². The number of aliphatic hydroxyl groups is 1. The highest BCUT2D eigenvalue weighted by Gasteiger charge is 2.48. The highest BCUT2D eigenvalue weighted by Crippen LogP contribution is 2.44. The van der Waals surface area contributed by atoms with E-state index in [1.165, 1.54) is 0 Å². The highest BCUT2D eigenvalue weighted by molar-refractivity contribution is 5.93. The molecule has 2 aliphatic rings. The van der Waals surface area contributed by atoms with Crippen molar-refractivity contribution in [2.24, 2.45) is 18.9 Å². The molecule has 1 saturated carbocycles. The predicted molar refractivity (Wildman–Crippen MR) is 82.1 cm³/mol. The second-order valence-electron chi connectivity index (χ2n) is 6.76. The lowest BCUT2D eigenvalue weighted by Crippen LogP contribution is -2.44. The van der Waals surface area contributed by atoms with Crippen molar-refractivity contribution >= 4 is 5.91 Å². The van der Waals surface area contributed by atoms with Crippen LogP contribution in [-0.2, 0) is 7.05 Å². The van der Waals surface area contributed by atoms with Crippen molar-refractivity contribution in [1.29, 1.82) is 5.26 Å². The van der Waals surface area contributed by atoms with E-state index in [-0.39, 0.29) is 11.8 Å². The predicted octanol–water partition coefficient (Wildman–Crippen LogP) is 1.91. The van der Waals surface area contributed by atoms with E-state index in [1.807, 2.05) is 11.8 Å². The van der Waals surface area contributed by atoms with Crippen LogP contribution in [0.2, 0.25) is 0 Å². The third kappa shape index (κ3) is 2.32. The van der Waals surface area contributed by atoms with Gasteiger partial charge < -0.3 is 14.6 Å². The van der Waals surface area contributed by atoms with E-state index in [1.54, 1.807) is 23.9 Å². The third-order valence-corrected chi connectivity index (χ3v) is 5.57. The second kappa shape index (κ2) is 5.44. The van der Waals surface area contributed by atoms with Crippen LogP contribution in [0.3, 0.4) is 0 Å². The number of carbonyl (C=O) groups is 1. The summed E-state index contributed by atoms with van der Waals surface area (Å²) < 4.78 is 1.72. The Bertz CT molecular complexity index is 630. The number of amides is 1. The maximum Gasteiger partial charge on any atom is 0.270 e. The van der Waals surface area contributed by atoms with Crippen LogP contribution in [0.4, 0.5) is 0 Å². The summed E-state index contributed by atoms with van der Waals surface area (Å²) in [6, 6.07) is 3.72. The molecule has 2 heterocycles. The molecule has 0 aromatic carbocycles. The number of rotatable bonds is 2. The number of hydrogen-bond donors (Lipinski definition) is 1. The smallest absolute Gasteiger partial charge is 0.270 e. The van der Waals surface area contributed by atoms with Crippen LogP contribution in [-0.4, -0.2) is 39.2 Å². The standard InChI is InChI=1S/C17H23N3O2/c1-3-17(22)6-4-5-13-10-20(11-14(13)17)16(21)15-7-12(8-18)9-19(15)2/h7,9,13-14,22H,3-6,10-11H2,1-2H3/t13-,14+,17-/m1/s1. The van der Waals surface area contributed by atoms with Gasteiger partial charge in [-0.05, 0) is 31.2 Å². The number of nitrogens with zero attached hydrogens (tertiary/aromatic N) is 3. The Morgan fingerprint density at radius 1 is 1.55 bits per heavy atom. The van der Waals surface area contributed by atoms with Crippen LogP contribution in [0, 0.1) is 23.2 Å². The number of nitriles is 1. The Morgan fingerprint density at radius 2 is 2.32 bits per heavy atom. The second-order valence-corrected chi connectivity index (χ2v) is 6.76. The van der Waals surface area contributed by atoms with Gasteiger partial charge in [0.1, 0.15) is 11.8 Å². The molecule has 0 radical (unpaired) electrons. The van der Waals surface area contributed by atoms with Gasteiger partial charge in [0.2, 0.25) is 0 Å². The van der Waals surface area contributed by atoms with Crippen LogP contribution in [0.1, 0.15) is 48.7 Å². The van der Waals surface area contributed by atoms with Crippen molar-refractivity contribution in [1.82, 2.24) is 9.47 Å². The molecule has 0 bridgehead atoms. The van der Waals surface area contributed by atoms with Gasteiger partial charge in [0, 0.05) is 32.3 Å². The number of hydrogen-bond acceptors (Lipinski definition) is 3. The molecule has 1 aromatic heterocycles. The van der Waals surface area contributed by atoms with Gasteiger partial charge in [0.05, 0.1) is 11.2 Å².